The summed E-state index contributed by atoms with van der Waals surface area (Å²) >= 11 is 0. The summed E-state index contributed by atoms with van der Waals surface area (Å²) in [5, 5.41) is 14.4. The molecule has 6 atom stereocenters. The Morgan fingerprint density at radius 1 is 1.27 bits per heavy atom. The van der Waals surface area contributed by atoms with Crippen LogP contribution in [0.3, 0.4) is 0 Å². The van der Waals surface area contributed by atoms with Crippen molar-refractivity contribution in [1.82, 2.24) is 26.2 Å². The number of nitrogens with zero attached hydrogens (tertiary/aromatic N) is 1. The van der Waals surface area contributed by atoms with Gasteiger partial charge in [-0.15, -0.1) is 0 Å². The van der Waals surface area contributed by atoms with Crippen LogP contribution in [0.4, 0.5) is 0 Å². The molecule has 0 aromatic heterocycles. The molecule has 0 aromatic rings. The van der Waals surface area contributed by atoms with E-state index in [1.807, 2.05) is 7.05 Å². The molecule has 2 saturated heterocycles. The maximum Gasteiger partial charge on any atom is 0.113 e. The molecule has 3 fully saturated rings. The number of rotatable bonds is 4. The molecule has 0 spiro atoms. The summed E-state index contributed by atoms with van der Waals surface area (Å²) in [6.07, 6.45) is 10.9. The predicted octanol–water partition coefficient (Wildman–Crippen LogP) is 0.824. The molecular weight excluding hydrogens is 326 g/mol. The minimum Gasteiger partial charge on any atom is -0.377 e. The van der Waals surface area contributed by atoms with Crippen LogP contribution in [0.25, 0.3) is 0 Å². The third kappa shape index (κ3) is 4.32. The smallest absolute Gasteiger partial charge is 0.113 e. The van der Waals surface area contributed by atoms with Gasteiger partial charge in [-0.3, -0.25) is 16.0 Å². The van der Waals surface area contributed by atoms with Crippen LogP contribution in [0.5, 0.6) is 0 Å². The number of ether oxygens (including phenoxy) is 1. The van der Waals surface area contributed by atoms with Gasteiger partial charge in [0.1, 0.15) is 6.29 Å². The summed E-state index contributed by atoms with van der Waals surface area (Å²) in [6.45, 7) is 4.31. The lowest BCUT2D eigenvalue weighted by Gasteiger charge is -2.42. The summed E-state index contributed by atoms with van der Waals surface area (Å²) < 4.78 is 6.24. The van der Waals surface area contributed by atoms with E-state index in [1.165, 1.54) is 38.6 Å². The van der Waals surface area contributed by atoms with Crippen LogP contribution in [-0.4, -0.2) is 69.8 Å². The Bertz CT molecular complexity index is 499. The maximum absolute atomic E-state index is 6.24. The molecule has 3 aliphatic heterocycles. The Hall–Kier alpha value is -0.500. The van der Waals surface area contributed by atoms with E-state index in [0.717, 1.165) is 32.0 Å². The van der Waals surface area contributed by atoms with Crippen molar-refractivity contribution in [1.29, 1.82) is 0 Å². The number of likely N-dealkylation sites (N-methyl/N-ethyl adjacent to an activating group) is 1. The zero-order chi connectivity index (χ0) is 17.9. The number of hydrogen-bond acceptors (Lipinski definition) is 6. The highest BCUT2D eigenvalue weighted by Gasteiger charge is 2.43. The second-order valence-corrected chi connectivity index (χ2v) is 8.65. The number of nitrogens with one attached hydrogen (secondary N) is 4. The highest BCUT2D eigenvalue weighted by atomic mass is 16.5. The van der Waals surface area contributed by atoms with E-state index >= 15 is 0 Å². The minimum atomic E-state index is 0.208. The molecule has 6 unspecified atom stereocenters. The molecule has 26 heavy (non-hydrogen) atoms. The van der Waals surface area contributed by atoms with Crippen molar-refractivity contribution in [2.24, 2.45) is 11.8 Å². The molecule has 1 aliphatic carbocycles. The average molecular weight is 364 g/mol. The molecule has 6 nitrogen and oxygen atoms in total. The molecule has 6 heteroatoms. The molecule has 0 radical (unpaired) electrons. The summed E-state index contributed by atoms with van der Waals surface area (Å²) in [7, 11) is 4.27. The van der Waals surface area contributed by atoms with E-state index in [2.05, 4.69) is 39.3 Å². The standard InChI is InChI=1S/C20H37N5O/c1-21-18-5-8-22-20(24-18)23-16-12-15-7-11-26-19(15)17(13-16)14-4-3-9-25(2)10-6-14/h6,15-24H,3-5,7-13H2,1-2H3. The predicted molar refractivity (Wildman–Crippen MR) is 105 cm³/mol. The Labute approximate surface area is 158 Å². The van der Waals surface area contributed by atoms with Crippen LogP contribution < -0.4 is 21.3 Å². The lowest BCUT2D eigenvalue weighted by molar-refractivity contribution is 0.0183. The highest BCUT2D eigenvalue weighted by Crippen LogP contribution is 2.42. The van der Waals surface area contributed by atoms with Gasteiger partial charge in [-0.1, -0.05) is 11.6 Å². The van der Waals surface area contributed by atoms with Gasteiger partial charge in [0.25, 0.3) is 0 Å². The van der Waals surface area contributed by atoms with E-state index in [-0.39, 0.29) is 6.29 Å². The van der Waals surface area contributed by atoms with Crippen molar-refractivity contribution in [3.05, 3.63) is 11.6 Å². The fraction of sp³-hybridized carbons (Fsp3) is 0.900. The normalized spacial score (nSPS) is 42.2. The fourth-order valence-electron chi connectivity index (χ4n) is 5.40. The Kier molecular flexibility index (Phi) is 6.29. The molecule has 0 bridgehead atoms. The second-order valence-electron chi connectivity index (χ2n) is 8.65. The van der Waals surface area contributed by atoms with E-state index in [1.54, 1.807) is 5.57 Å². The first-order chi connectivity index (χ1) is 12.7. The molecule has 4 rings (SSSR count). The summed E-state index contributed by atoms with van der Waals surface area (Å²) in [5.41, 5.74) is 1.66. The topological polar surface area (TPSA) is 60.6 Å². The molecular formula is C20H37N5O. The van der Waals surface area contributed by atoms with Gasteiger partial charge < -0.3 is 15.0 Å². The second kappa shape index (κ2) is 8.67. The maximum atomic E-state index is 6.24. The largest absolute Gasteiger partial charge is 0.377 e. The molecule has 1 saturated carbocycles. The van der Waals surface area contributed by atoms with Gasteiger partial charge in [0.2, 0.25) is 0 Å². The summed E-state index contributed by atoms with van der Waals surface area (Å²) in [6, 6.07) is 0.561. The van der Waals surface area contributed by atoms with Crippen LogP contribution in [-0.2, 0) is 4.74 Å². The Morgan fingerprint density at radius 2 is 2.19 bits per heavy atom. The van der Waals surface area contributed by atoms with Crippen molar-refractivity contribution < 1.29 is 4.74 Å². The van der Waals surface area contributed by atoms with Crippen molar-refractivity contribution in [2.75, 3.05) is 40.3 Å². The van der Waals surface area contributed by atoms with Crippen molar-refractivity contribution >= 4 is 0 Å². The Morgan fingerprint density at radius 3 is 3.08 bits per heavy atom. The first-order valence-corrected chi connectivity index (χ1v) is 10.6. The van der Waals surface area contributed by atoms with Crippen LogP contribution in [0, 0.1) is 11.8 Å². The third-order valence-corrected chi connectivity index (χ3v) is 6.83. The quantitative estimate of drug-likeness (QED) is 0.555. The monoisotopic (exact) mass is 363 g/mol. The van der Waals surface area contributed by atoms with Crippen LogP contribution in [0.15, 0.2) is 11.6 Å². The van der Waals surface area contributed by atoms with Gasteiger partial charge in [0.05, 0.1) is 12.3 Å². The van der Waals surface area contributed by atoms with Crippen molar-refractivity contribution in [2.45, 2.75) is 63.1 Å². The molecule has 148 valence electrons. The van der Waals surface area contributed by atoms with Crippen LogP contribution in [0.2, 0.25) is 0 Å². The number of fused-ring (bicyclic) bond motifs is 1. The lowest BCUT2D eigenvalue weighted by Crippen LogP contribution is -2.66. The SMILES string of the molecule is CNC1CCNC(NC2CC3CCOC3C(C3=CCN(C)CCC3)C2)N1. The zero-order valence-corrected chi connectivity index (χ0v) is 16.5. The number of hydrogen-bond donors (Lipinski definition) is 4. The molecule has 4 N–H and O–H groups in total. The van der Waals surface area contributed by atoms with E-state index in [9.17, 15) is 0 Å². The van der Waals surface area contributed by atoms with Gasteiger partial charge in [-0.2, -0.15) is 0 Å². The van der Waals surface area contributed by atoms with Crippen molar-refractivity contribution in [3.8, 4) is 0 Å². The van der Waals surface area contributed by atoms with Gasteiger partial charge in [0, 0.05) is 31.7 Å². The molecule has 0 amide bonds. The van der Waals surface area contributed by atoms with Crippen LogP contribution >= 0.6 is 0 Å². The molecule has 0 aromatic carbocycles. The summed E-state index contributed by atoms with van der Waals surface area (Å²) in [5.74, 6) is 1.32. The molecule has 3 heterocycles. The fourth-order valence-corrected chi connectivity index (χ4v) is 5.40. The molecule has 4 aliphatic rings. The first-order valence-electron chi connectivity index (χ1n) is 10.6. The Balaban J connectivity index is 1.42. The first kappa shape index (κ1) is 18.8. The van der Waals surface area contributed by atoms with E-state index in [0.29, 0.717) is 24.2 Å². The van der Waals surface area contributed by atoms with Gasteiger partial charge in [0.15, 0.2) is 0 Å². The van der Waals surface area contributed by atoms with Crippen LogP contribution in [0.1, 0.15) is 38.5 Å². The zero-order valence-electron chi connectivity index (χ0n) is 16.5. The highest BCUT2D eigenvalue weighted by molar-refractivity contribution is 5.15. The minimum absolute atomic E-state index is 0.208. The lowest BCUT2D eigenvalue weighted by atomic mass is 9.72. The third-order valence-electron chi connectivity index (χ3n) is 6.83. The van der Waals surface area contributed by atoms with E-state index in [4.69, 9.17) is 4.74 Å². The van der Waals surface area contributed by atoms with Gasteiger partial charge in [-0.05, 0) is 65.1 Å². The van der Waals surface area contributed by atoms with E-state index < -0.39 is 0 Å². The van der Waals surface area contributed by atoms with Crippen molar-refractivity contribution in [3.63, 3.8) is 0 Å². The summed E-state index contributed by atoms with van der Waals surface area (Å²) in [4.78, 5) is 2.44. The average Bonchev–Trinajstić information content (AvgIpc) is 3.02. The van der Waals surface area contributed by atoms with Gasteiger partial charge in [-0.25, -0.2) is 0 Å². The van der Waals surface area contributed by atoms with Gasteiger partial charge >= 0.3 is 0 Å².